The molecule has 160 valence electrons. The lowest BCUT2D eigenvalue weighted by molar-refractivity contribution is 0.397. The zero-order chi connectivity index (χ0) is 22.2. The summed E-state index contributed by atoms with van der Waals surface area (Å²) in [6.45, 7) is 1.97. The zero-order valence-corrected chi connectivity index (χ0v) is 17.8. The Kier molecular flexibility index (Phi) is 4.89. The van der Waals surface area contributed by atoms with E-state index in [4.69, 9.17) is 14.5 Å². The van der Waals surface area contributed by atoms with Crippen molar-refractivity contribution in [3.8, 4) is 22.8 Å². The average molecular weight is 429 g/mol. The second-order valence-corrected chi connectivity index (χ2v) is 7.35. The third-order valence-corrected chi connectivity index (χ3v) is 5.55. The second kappa shape index (κ2) is 7.88. The minimum Gasteiger partial charge on any atom is -0.496 e. The Labute approximate surface area is 183 Å². The average Bonchev–Trinajstić information content (AvgIpc) is 3.26. The molecule has 5 rings (SSSR count). The first kappa shape index (κ1) is 19.9. The maximum atomic E-state index is 14.7. The number of aromatic nitrogens is 5. The number of methoxy groups -OCH3 is 2. The summed E-state index contributed by atoms with van der Waals surface area (Å²) in [5.41, 5.74) is 3.51. The monoisotopic (exact) mass is 429 g/mol. The Morgan fingerprint density at radius 1 is 0.969 bits per heavy atom. The fourth-order valence-corrected chi connectivity index (χ4v) is 3.89. The van der Waals surface area contributed by atoms with Gasteiger partial charge in [-0.1, -0.05) is 12.1 Å². The number of rotatable bonds is 5. The molecule has 0 aliphatic heterocycles. The fraction of sp³-hybridized carbons (Fsp3) is 0.167. The molecular weight excluding hydrogens is 409 g/mol. The van der Waals surface area contributed by atoms with E-state index < -0.39 is 0 Å². The van der Waals surface area contributed by atoms with Crippen LogP contribution in [0.1, 0.15) is 18.5 Å². The summed E-state index contributed by atoms with van der Waals surface area (Å²) < 4.78 is 27.6. The number of benzene rings is 2. The third-order valence-electron chi connectivity index (χ3n) is 5.55. The van der Waals surface area contributed by atoms with Gasteiger partial charge in [0.25, 0.3) is 0 Å². The van der Waals surface area contributed by atoms with Gasteiger partial charge in [-0.05, 0) is 42.8 Å². The van der Waals surface area contributed by atoms with E-state index in [9.17, 15) is 4.39 Å². The van der Waals surface area contributed by atoms with Gasteiger partial charge in [-0.15, -0.1) is 0 Å². The van der Waals surface area contributed by atoms with Gasteiger partial charge in [0.15, 0.2) is 11.3 Å². The first-order valence-electron chi connectivity index (χ1n) is 10.1. The molecule has 5 aromatic rings. The minimum atomic E-state index is -0.361. The van der Waals surface area contributed by atoms with E-state index in [1.807, 2.05) is 41.8 Å². The van der Waals surface area contributed by atoms with Crippen molar-refractivity contribution in [3.63, 3.8) is 0 Å². The van der Waals surface area contributed by atoms with Gasteiger partial charge in [0.1, 0.15) is 22.8 Å². The lowest BCUT2D eigenvalue weighted by atomic mass is 10.0. The first-order valence-corrected chi connectivity index (χ1v) is 10.1. The van der Waals surface area contributed by atoms with Crippen LogP contribution in [0.3, 0.4) is 0 Å². The summed E-state index contributed by atoms with van der Waals surface area (Å²) in [6, 6.07) is 12.4. The molecule has 0 aliphatic rings. The Balaban J connectivity index is 1.64. The number of ether oxygens (including phenoxy) is 2. The fourth-order valence-electron chi connectivity index (χ4n) is 3.89. The quantitative estimate of drug-likeness (QED) is 0.399. The Morgan fingerprint density at radius 3 is 2.50 bits per heavy atom. The normalized spacial score (nSPS) is 12.2. The summed E-state index contributed by atoms with van der Waals surface area (Å²) in [7, 11) is 3.19. The van der Waals surface area contributed by atoms with Crippen molar-refractivity contribution < 1.29 is 13.9 Å². The Hall–Kier alpha value is -4.07. The Bertz CT molecular complexity index is 1430. The number of hydrogen-bond donors (Lipinski definition) is 0. The molecule has 2 aromatic carbocycles. The molecule has 0 fully saturated rings. The molecule has 0 aliphatic carbocycles. The van der Waals surface area contributed by atoms with Crippen LogP contribution >= 0.6 is 0 Å². The summed E-state index contributed by atoms with van der Waals surface area (Å²) in [4.78, 5) is 17.8. The maximum absolute atomic E-state index is 14.7. The number of halogens is 1. The predicted octanol–water partition coefficient (Wildman–Crippen LogP) is 4.81. The molecule has 32 heavy (non-hydrogen) atoms. The highest BCUT2D eigenvalue weighted by atomic mass is 19.1. The van der Waals surface area contributed by atoms with Crippen molar-refractivity contribution in [1.82, 2.24) is 24.5 Å². The smallest absolute Gasteiger partial charge is 0.197 e. The number of imidazole rings is 1. The molecule has 0 N–H and O–H groups in total. The minimum absolute atomic E-state index is 0.233. The van der Waals surface area contributed by atoms with Crippen molar-refractivity contribution in [2.45, 2.75) is 13.0 Å². The van der Waals surface area contributed by atoms with Crippen molar-refractivity contribution >= 4 is 22.2 Å². The van der Waals surface area contributed by atoms with Gasteiger partial charge in [0.05, 0.1) is 44.0 Å². The molecule has 0 radical (unpaired) electrons. The van der Waals surface area contributed by atoms with Gasteiger partial charge in [-0.2, -0.15) is 0 Å². The van der Waals surface area contributed by atoms with Crippen LogP contribution in [-0.2, 0) is 0 Å². The van der Waals surface area contributed by atoms with Crippen LogP contribution < -0.4 is 9.47 Å². The lowest BCUT2D eigenvalue weighted by Gasteiger charge is -2.16. The molecule has 0 bridgehead atoms. The molecule has 1 unspecified atom stereocenters. The number of hydrogen-bond acceptors (Lipinski definition) is 6. The third kappa shape index (κ3) is 3.20. The molecule has 0 saturated carbocycles. The molecule has 3 heterocycles. The summed E-state index contributed by atoms with van der Waals surface area (Å²) in [5.74, 6) is 0.891. The number of pyridine rings is 1. The van der Waals surface area contributed by atoms with Gasteiger partial charge in [0, 0.05) is 11.6 Å². The molecule has 0 saturated heterocycles. The van der Waals surface area contributed by atoms with Gasteiger partial charge < -0.3 is 14.0 Å². The number of nitrogens with zero attached hydrogens (tertiary/aromatic N) is 5. The van der Waals surface area contributed by atoms with Crippen molar-refractivity contribution in [1.29, 1.82) is 0 Å². The molecule has 1 atom stereocenters. The molecular formula is C24H20FN5O2. The van der Waals surface area contributed by atoms with Crippen LogP contribution in [-0.4, -0.2) is 38.7 Å². The van der Waals surface area contributed by atoms with E-state index >= 15 is 0 Å². The van der Waals surface area contributed by atoms with Crippen LogP contribution in [0.2, 0.25) is 0 Å². The summed E-state index contributed by atoms with van der Waals surface area (Å²) in [5, 5.41) is 0.740. The van der Waals surface area contributed by atoms with E-state index in [-0.39, 0.29) is 11.9 Å². The molecule has 0 spiro atoms. The van der Waals surface area contributed by atoms with Crippen LogP contribution in [0, 0.1) is 5.82 Å². The highest BCUT2D eigenvalue weighted by Crippen LogP contribution is 2.37. The summed E-state index contributed by atoms with van der Waals surface area (Å²) >= 11 is 0. The van der Waals surface area contributed by atoms with Crippen LogP contribution in [0.25, 0.3) is 33.5 Å². The SMILES string of the molecule is COc1cccc(OC)c1-c1cnc2ncn(C(C)c3cc(F)c4ncccc4c3)c2n1. The van der Waals surface area contributed by atoms with E-state index in [1.165, 1.54) is 6.07 Å². The second-order valence-electron chi connectivity index (χ2n) is 7.35. The van der Waals surface area contributed by atoms with Crippen LogP contribution in [0.5, 0.6) is 11.5 Å². The van der Waals surface area contributed by atoms with E-state index in [0.717, 1.165) is 10.9 Å². The molecule has 8 heteroatoms. The predicted molar refractivity (Wildman–Crippen MR) is 119 cm³/mol. The van der Waals surface area contributed by atoms with Gasteiger partial charge in [0.2, 0.25) is 0 Å². The van der Waals surface area contributed by atoms with Gasteiger partial charge >= 0.3 is 0 Å². The Morgan fingerprint density at radius 2 is 1.75 bits per heavy atom. The first-order chi connectivity index (χ1) is 15.6. The van der Waals surface area contributed by atoms with Gasteiger partial charge in [-0.3, -0.25) is 4.98 Å². The molecule has 7 nitrogen and oxygen atoms in total. The van der Waals surface area contributed by atoms with E-state index in [0.29, 0.717) is 39.6 Å². The molecule has 3 aromatic heterocycles. The van der Waals surface area contributed by atoms with Crippen molar-refractivity contribution in [2.24, 2.45) is 0 Å². The maximum Gasteiger partial charge on any atom is 0.197 e. The van der Waals surface area contributed by atoms with Gasteiger partial charge in [-0.25, -0.2) is 19.3 Å². The van der Waals surface area contributed by atoms with Crippen LogP contribution in [0.15, 0.2) is 61.2 Å². The van der Waals surface area contributed by atoms with E-state index in [2.05, 4.69) is 15.0 Å². The largest absolute Gasteiger partial charge is 0.496 e. The standard InChI is InChI=1S/C24H20FN5O2/c1-14(16-10-15-6-5-9-26-22(15)17(25)11-16)30-13-28-23-24(30)29-18(12-27-23)21-19(31-2)7-4-8-20(21)32-3/h4-14H,1-3H3. The van der Waals surface area contributed by atoms with Crippen molar-refractivity contribution in [2.75, 3.05) is 14.2 Å². The topological polar surface area (TPSA) is 75.0 Å². The number of fused-ring (bicyclic) bond motifs is 2. The lowest BCUT2D eigenvalue weighted by Crippen LogP contribution is -2.08. The highest BCUT2D eigenvalue weighted by molar-refractivity contribution is 5.80. The molecule has 0 amide bonds. The van der Waals surface area contributed by atoms with Crippen molar-refractivity contribution in [3.05, 3.63) is 72.6 Å². The zero-order valence-electron chi connectivity index (χ0n) is 17.8. The summed E-state index contributed by atoms with van der Waals surface area (Å²) in [6.07, 6.45) is 4.90. The highest BCUT2D eigenvalue weighted by Gasteiger charge is 2.19. The van der Waals surface area contributed by atoms with Crippen LogP contribution in [0.4, 0.5) is 4.39 Å². The van der Waals surface area contributed by atoms with E-state index in [1.54, 1.807) is 39.0 Å².